The molecule has 0 aliphatic rings. The van der Waals surface area contributed by atoms with Crippen LogP contribution in [0.4, 0.5) is 13.2 Å². The highest BCUT2D eigenvalue weighted by atomic mass is 19.4. The van der Waals surface area contributed by atoms with Gasteiger partial charge in [0.15, 0.2) is 11.2 Å². The Hall–Kier alpha value is -3.70. The summed E-state index contributed by atoms with van der Waals surface area (Å²) in [5.41, 5.74) is 0.994. The molecule has 0 atom stereocenters. The monoisotopic (exact) mass is 446 g/mol. The molecule has 0 radical (unpaired) electrons. The van der Waals surface area contributed by atoms with Crippen LogP contribution >= 0.6 is 0 Å². The van der Waals surface area contributed by atoms with Crippen molar-refractivity contribution in [2.24, 2.45) is 0 Å². The van der Waals surface area contributed by atoms with Gasteiger partial charge in [-0.2, -0.15) is 13.2 Å². The van der Waals surface area contributed by atoms with E-state index in [0.717, 1.165) is 12.1 Å². The van der Waals surface area contributed by atoms with Gasteiger partial charge in [-0.05, 0) is 30.2 Å². The average Bonchev–Trinajstić information content (AvgIpc) is 3.22. The molecule has 8 nitrogen and oxygen atoms in total. The number of H-pyrrole nitrogens is 2. The lowest BCUT2D eigenvalue weighted by molar-refractivity contribution is -0.358. The average molecular weight is 446 g/mol. The summed E-state index contributed by atoms with van der Waals surface area (Å²) >= 11 is 0. The number of halogens is 3. The van der Waals surface area contributed by atoms with Crippen LogP contribution in [0.3, 0.4) is 0 Å². The topological polar surface area (TPSA) is 124 Å². The predicted octanol–water partition coefficient (Wildman–Crippen LogP) is 3.08. The van der Waals surface area contributed by atoms with Gasteiger partial charge in [0.1, 0.15) is 11.6 Å². The number of alkyl halides is 3. The molecule has 0 amide bonds. The lowest BCUT2D eigenvalue weighted by Gasteiger charge is -2.24. The van der Waals surface area contributed by atoms with Gasteiger partial charge in [0.2, 0.25) is 0 Å². The predicted molar refractivity (Wildman–Crippen MR) is 109 cm³/mol. The van der Waals surface area contributed by atoms with Gasteiger partial charge in [0, 0.05) is 5.56 Å². The summed E-state index contributed by atoms with van der Waals surface area (Å²) < 4.78 is 44.2. The van der Waals surface area contributed by atoms with E-state index >= 15 is 0 Å². The number of ether oxygens (including phenoxy) is 1. The van der Waals surface area contributed by atoms with E-state index in [1.165, 1.54) is 18.5 Å². The Bertz CT molecular complexity index is 1330. The Kier molecular flexibility index (Phi) is 5.23. The van der Waals surface area contributed by atoms with Crippen molar-refractivity contribution < 1.29 is 28.1 Å². The van der Waals surface area contributed by atoms with E-state index in [1.54, 1.807) is 25.1 Å². The van der Waals surface area contributed by atoms with Crippen LogP contribution < -0.4 is 10.3 Å². The standard InChI is InChI=1S/C21H17F3N4O4/c1-2-32-15-9-12(11-3-6-13(7-4-11)20(30,31)21(22,23)24)5-8-14(15)17-27-18-16(19(29)28-17)25-10-26-18/h3-10,30-31H,2H2,1H3,(H2,25,26,27,28,29). The molecule has 0 bridgehead atoms. The van der Waals surface area contributed by atoms with Crippen molar-refractivity contribution in [1.82, 2.24) is 19.9 Å². The zero-order chi connectivity index (χ0) is 23.1. The molecule has 32 heavy (non-hydrogen) atoms. The van der Waals surface area contributed by atoms with Gasteiger partial charge in [-0.3, -0.25) is 4.79 Å². The molecule has 4 rings (SSSR count). The van der Waals surface area contributed by atoms with E-state index in [9.17, 15) is 28.2 Å². The minimum Gasteiger partial charge on any atom is -0.493 e. The smallest absolute Gasteiger partial charge is 0.447 e. The number of rotatable bonds is 5. The molecule has 0 saturated heterocycles. The second-order valence-corrected chi connectivity index (χ2v) is 6.91. The molecular formula is C21H17F3N4O4. The van der Waals surface area contributed by atoms with Crippen molar-refractivity contribution in [2.75, 3.05) is 6.61 Å². The third kappa shape index (κ3) is 3.72. The van der Waals surface area contributed by atoms with Crippen molar-refractivity contribution in [1.29, 1.82) is 0 Å². The van der Waals surface area contributed by atoms with Crippen LogP contribution in [0.2, 0.25) is 0 Å². The first-order valence-electron chi connectivity index (χ1n) is 9.45. The van der Waals surface area contributed by atoms with Crippen LogP contribution in [0.15, 0.2) is 53.6 Å². The molecule has 0 spiro atoms. The minimum absolute atomic E-state index is 0.242. The molecule has 0 aliphatic carbocycles. The summed E-state index contributed by atoms with van der Waals surface area (Å²) in [6.07, 6.45) is -3.88. The summed E-state index contributed by atoms with van der Waals surface area (Å²) in [7, 11) is 0. The van der Waals surface area contributed by atoms with E-state index in [-0.39, 0.29) is 17.0 Å². The third-order valence-corrected chi connectivity index (χ3v) is 4.85. The molecule has 4 aromatic rings. The Balaban J connectivity index is 1.74. The van der Waals surface area contributed by atoms with Crippen LogP contribution in [-0.4, -0.2) is 42.9 Å². The molecule has 0 unspecified atom stereocenters. The van der Waals surface area contributed by atoms with E-state index in [2.05, 4.69) is 19.9 Å². The Labute approximate surface area is 178 Å². The summed E-state index contributed by atoms with van der Waals surface area (Å²) in [5, 5.41) is 18.8. The van der Waals surface area contributed by atoms with Crippen molar-refractivity contribution in [3.63, 3.8) is 0 Å². The fourth-order valence-electron chi connectivity index (χ4n) is 3.20. The van der Waals surface area contributed by atoms with Gasteiger partial charge < -0.3 is 24.9 Å². The second kappa shape index (κ2) is 7.77. The normalized spacial score (nSPS) is 12.3. The highest BCUT2D eigenvalue weighted by molar-refractivity contribution is 5.76. The number of hydrogen-bond donors (Lipinski definition) is 4. The van der Waals surface area contributed by atoms with E-state index in [1.807, 2.05) is 0 Å². The van der Waals surface area contributed by atoms with Crippen LogP contribution in [0, 0.1) is 0 Å². The molecule has 166 valence electrons. The van der Waals surface area contributed by atoms with E-state index < -0.39 is 23.1 Å². The van der Waals surface area contributed by atoms with Crippen molar-refractivity contribution in [3.8, 4) is 28.3 Å². The van der Waals surface area contributed by atoms with Gasteiger partial charge in [-0.15, -0.1) is 0 Å². The molecule has 4 N–H and O–H groups in total. The van der Waals surface area contributed by atoms with Gasteiger partial charge in [0.05, 0.1) is 18.5 Å². The highest BCUT2D eigenvalue weighted by Crippen LogP contribution is 2.38. The zero-order valence-corrected chi connectivity index (χ0v) is 16.6. The van der Waals surface area contributed by atoms with Crippen LogP contribution in [0.5, 0.6) is 5.75 Å². The fraction of sp³-hybridized carbons (Fsp3) is 0.190. The molecule has 0 fully saturated rings. The fourth-order valence-corrected chi connectivity index (χ4v) is 3.20. The van der Waals surface area contributed by atoms with Crippen LogP contribution in [0.25, 0.3) is 33.7 Å². The number of benzene rings is 2. The maximum absolute atomic E-state index is 12.8. The molecule has 0 saturated carbocycles. The number of nitrogens with one attached hydrogen (secondary N) is 2. The van der Waals surface area contributed by atoms with Gasteiger partial charge in [0.25, 0.3) is 11.3 Å². The lowest BCUT2D eigenvalue weighted by atomic mass is 9.98. The molecule has 2 aromatic heterocycles. The highest BCUT2D eigenvalue weighted by Gasteiger charge is 2.54. The molecule has 11 heteroatoms. The van der Waals surface area contributed by atoms with Crippen molar-refractivity contribution in [3.05, 3.63) is 64.7 Å². The quantitative estimate of drug-likeness (QED) is 0.349. The Morgan fingerprint density at radius 2 is 1.75 bits per heavy atom. The summed E-state index contributed by atoms with van der Waals surface area (Å²) in [6.45, 7) is 2.09. The SMILES string of the molecule is CCOc1cc(-c2ccc(C(O)(O)C(F)(F)F)cc2)ccc1-c1nc2nc[nH]c2c(=O)[nH]1. The van der Waals surface area contributed by atoms with Gasteiger partial charge in [-0.25, -0.2) is 9.97 Å². The first-order valence-corrected chi connectivity index (χ1v) is 9.45. The van der Waals surface area contributed by atoms with Crippen molar-refractivity contribution >= 4 is 11.2 Å². The first-order chi connectivity index (χ1) is 15.1. The maximum atomic E-state index is 12.8. The maximum Gasteiger partial charge on any atom is 0.447 e. The van der Waals surface area contributed by atoms with E-state index in [0.29, 0.717) is 29.0 Å². The number of aliphatic hydroxyl groups is 2. The lowest BCUT2D eigenvalue weighted by Crippen LogP contribution is -2.41. The first kappa shape index (κ1) is 21.5. The zero-order valence-electron chi connectivity index (χ0n) is 16.6. The number of hydrogen-bond acceptors (Lipinski definition) is 6. The number of aromatic nitrogens is 4. The largest absolute Gasteiger partial charge is 0.493 e. The number of imidazole rings is 1. The summed E-state index contributed by atoms with van der Waals surface area (Å²) in [5.74, 6) is -3.31. The van der Waals surface area contributed by atoms with Crippen molar-refractivity contribution in [2.45, 2.75) is 18.9 Å². The van der Waals surface area contributed by atoms with Crippen LogP contribution in [-0.2, 0) is 5.79 Å². The van der Waals surface area contributed by atoms with Crippen LogP contribution in [0.1, 0.15) is 12.5 Å². The summed E-state index contributed by atoms with van der Waals surface area (Å²) in [4.78, 5) is 26.0. The van der Waals surface area contributed by atoms with Gasteiger partial charge in [-0.1, -0.05) is 30.3 Å². The molecule has 0 aliphatic heterocycles. The number of fused-ring (bicyclic) bond motifs is 1. The molecular weight excluding hydrogens is 429 g/mol. The van der Waals surface area contributed by atoms with E-state index in [4.69, 9.17) is 4.74 Å². The Morgan fingerprint density at radius 1 is 1.06 bits per heavy atom. The van der Waals surface area contributed by atoms with Gasteiger partial charge >= 0.3 is 6.18 Å². The third-order valence-electron chi connectivity index (χ3n) is 4.85. The minimum atomic E-state index is -5.24. The summed E-state index contributed by atoms with van der Waals surface area (Å²) in [6, 6.07) is 9.63. The number of nitrogens with zero attached hydrogens (tertiary/aromatic N) is 2. The Morgan fingerprint density at radius 3 is 2.41 bits per heavy atom. The molecule has 2 heterocycles. The second-order valence-electron chi connectivity index (χ2n) is 6.91. The number of aromatic amines is 2. The molecule has 2 aromatic carbocycles.